The first-order valence-electron chi connectivity index (χ1n) is 3.37. The second-order valence-electron chi connectivity index (χ2n) is 2.17. The van der Waals surface area contributed by atoms with Crippen LogP contribution in [0.5, 0.6) is 0 Å². The van der Waals surface area contributed by atoms with Gasteiger partial charge in [-0.25, -0.2) is 4.39 Å². The minimum absolute atomic E-state index is 0.0651. The summed E-state index contributed by atoms with van der Waals surface area (Å²) in [5, 5.41) is 16.6. The molecule has 0 aliphatic rings. The van der Waals surface area contributed by atoms with Gasteiger partial charge in [0.15, 0.2) is 6.07 Å². The highest BCUT2D eigenvalue weighted by Gasteiger charge is 2.00. The van der Waals surface area contributed by atoms with Crippen molar-refractivity contribution in [2.24, 2.45) is 0 Å². The first-order valence-corrected chi connectivity index (χ1v) is 3.37. The Bertz CT molecular complexity index is 466. The molecule has 0 amide bonds. The van der Waals surface area contributed by atoms with Crippen molar-refractivity contribution in [3.05, 3.63) is 35.1 Å². The number of nitrogens with zero attached hydrogens (tertiary/aromatic N) is 2. The Labute approximate surface area is 74.8 Å². The Hall–Kier alpha value is -2.31. The maximum absolute atomic E-state index is 12.8. The van der Waals surface area contributed by atoms with Crippen molar-refractivity contribution in [2.45, 2.75) is 0 Å². The third-order valence-corrected chi connectivity index (χ3v) is 1.35. The first-order chi connectivity index (χ1) is 6.27. The van der Waals surface area contributed by atoms with Gasteiger partial charge in [-0.05, 0) is 18.2 Å². The van der Waals surface area contributed by atoms with Crippen molar-refractivity contribution in [3.8, 4) is 24.0 Å². The van der Waals surface area contributed by atoms with Crippen LogP contribution in [0.3, 0.4) is 0 Å². The van der Waals surface area contributed by atoms with Crippen LogP contribution in [0.25, 0.3) is 0 Å². The van der Waals surface area contributed by atoms with Crippen LogP contribution in [0.15, 0.2) is 18.2 Å². The largest absolute Gasteiger partial charge is 0.206 e. The number of hydrogen-bond donors (Lipinski definition) is 0. The van der Waals surface area contributed by atoms with Crippen molar-refractivity contribution in [3.63, 3.8) is 0 Å². The topological polar surface area (TPSA) is 47.6 Å². The fourth-order valence-electron chi connectivity index (χ4n) is 0.789. The molecule has 0 unspecified atom stereocenters. The summed E-state index contributed by atoms with van der Waals surface area (Å²) in [6, 6.07) is 7.19. The summed E-state index contributed by atoms with van der Waals surface area (Å²) in [5.74, 6) is 4.05. The molecule has 60 valence electrons. The monoisotopic (exact) mass is 170 g/mol. The van der Waals surface area contributed by atoms with Gasteiger partial charge in [-0.3, -0.25) is 0 Å². The van der Waals surface area contributed by atoms with E-state index in [1.54, 1.807) is 12.1 Å². The molecule has 0 heterocycles. The van der Waals surface area contributed by atoms with Crippen LogP contribution in [0, 0.1) is 40.3 Å². The molecule has 0 saturated carbocycles. The summed E-state index contributed by atoms with van der Waals surface area (Å²) < 4.78 is 12.8. The summed E-state index contributed by atoms with van der Waals surface area (Å²) in [6.45, 7) is 0. The molecule has 1 rings (SSSR count). The summed E-state index contributed by atoms with van der Waals surface area (Å²) in [4.78, 5) is 0. The van der Waals surface area contributed by atoms with Crippen molar-refractivity contribution >= 4 is 0 Å². The molecular weight excluding hydrogens is 167 g/mol. The number of halogens is 1. The van der Waals surface area contributed by atoms with Crippen molar-refractivity contribution in [1.82, 2.24) is 0 Å². The van der Waals surface area contributed by atoms with Crippen LogP contribution in [-0.2, 0) is 0 Å². The molecular formula is C10H3FN2. The molecule has 1 aromatic rings. The molecule has 0 aliphatic carbocycles. The van der Waals surface area contributed by atoms with Crippen LogP contribution in [0.4, 0.5) is 4.39 Å². The summed E-state index contributed by atoms with van der Waals surface area (Å²) in [6.07, 6.45) is 0. The van der Waals surface area contributed by atoms with Crippen molar-refractivity contribution < 1.29 is 4.39 Å². The van der Waals surface area contributed by atoms with Crippen LogP contribution >= 0.6 is 0 Å². The lowest BCUT2D eigenvalue weighted by molar-refractivity contribution is 0.624. The van der Waals surface area contributed by atoms with E-state index in [2.05, 4.69) is 11.8 Å². The Morgan fingerprint density at radius 1 is 1.23 bits per heavy atom. The average Bonchev–Trinajstić information content (AvgIpc) is 2.16. The molecule has 13 heavy (non-hydrogen) atoms. The minimum Gasteiger partial charge on any atom is -0.206 e. The highest BCUT2D eigenvalue weighted by atomic mass is 19.1. The standard InChI is InChI=1S/C10H3FN2/c11-10-4-3-8(2-1-5-12)6-9(10)7-13/h3-4,6H. The third kappa shape index (κ3) is 2.06. The van der Waals surface area contributed by atoms with E-state index >= 15 is 0 Å². The average molecular weight is 170 g/mol. The van der Waals surface area contributed by atoms with E-state index in [4.69, 9.17) is 10.5 Å². The lowest BCUT2D eigenvalue weighted by atomic mass is 10.1. The summed E-state index contributed by atoms with van der Waals surface area (Å²) in [5.41, 5.74) is 0.393. The molecule has 0 saturated heterocycles. The first kappa shape index (κ1) is 8.78. The maximum atomic E-state index is 12.8. The van der Waals surface area contributed by atoms with E-state index in [0.29, 0.717) is 5.56 Å². The summed E-state index contributed by atoms with van der Waals surface area (Å²) >= 11 is 0. The molecule has 0 atom stereocenters. The number of rotatable bonds is 0. The molecule has 0 aliphatic heterocycles. The lowest BCUT2D eigenvalue weighted by Gasteiger charge is -1.92. The van der Waals surface area contributed by atoms with Crippen LogP contribution < -0.4 is 0 Å². The molecule has 0 bridgehead atoms. The van der Waals surface area contributed by atoms with Crippen LogP contribution in [0.1, 0.15) is 11.1 Å². The molecule has 0 fully saturated rings. The van der Waals surface area contributed by atoms with E-state index < -0.39 is 5.82 Å². The van der Waals surface area contributed by atoms with Gasteiger partial charge >= 0.3 is 0 Å². The zero-order valence-electron chi connectivity index (χ0n) is 6.50. The van der Waals surface area contributed by atoms with Gasteiger partial charge in [0, 0.05) is 11.5 Å². The Morgan fingerprint density at radius 3 is 2.62 bits per heavy atom. The highest BCUT2D eigenvalue weighted by molar-refractivity contribution is 5.43. The number of hydrogen-bond acceptors (Lipinski definition) is 2. The molecule has 0 radical (unpaired) electrons. The fraction of sp³-hybridized carbons (Fsp3) is 0. The van der Waals surface area contributed by atoms with E-state index in [1.807, 2.05) is 0 Å². The number of benzene rings is 1. The van der Waals surface area contributed by atoms with Gasteiger partial charge in [-0.15, -0.1) is 0 Å². The van der Waals surface area contributed by atoms with Gasteiger partial charge < -0.3 is 0 Å². The van der Waals surface area contributed by atoms with E-state index in [-0.39, 0.29) is 5.56 Å². The predicted molar refractivity (Wildman–Crippen MR) is 43.6 cm³/mol. The number of nitriles is 2. The molecule has 0 N–H and O–H groups in total. The Morgan fingerprint density at radius 2 is 2.00 bits per heavy atom. The smallest absolute Gasteiger partial charge is 0.152 e. The molecule has 3 heteroatoms. The van der Waals surface area contributed by atoms with E-state index in [1.165, 1.54) is 12.1 Å². The summed E-state index contributed by atoms with van der Waals surface area (Å²) in [7, 11) is 0. The third-order valence-electron chi connectivity index (χ3n) is 1.35. The fourth-order valence-corrected chi connectivity index (χ4v) is 0.789. The van der Waals surface area contributed by atoms with E-state index in [0.717, 1.165) is 6.07 Å². The Kier molecular flexibility index (Phi) is 2.64. The molecule has 0 spiro atoms. The van der Waals surface area contributed by atoms with Gasteiger partial charge in [-0.1, -0.05) is 5.92 Å². The van der Waals surface area contributed by atoms with Gasteiger partial charge in [0.05, 0.1) is 5.56 Å². The van der Waals surface area contributed by atoms with Crippen molar-refractivity contribution in [2.75, 3.05) is 0 Å². The SMILES string of the molecule is N#CC#Cc1ccc(F)c(C#N)c1. The van der Waals surface area contributed by atoms with Gasteiger partial charge in [0.1, 0.15) is 11.9 Å². The normalized spacial score (nSPS) is 7.62. The minimum atomic E-state index is -0.579. The second-order valence-corrected chi connectivity index (χ2v) is 2.17. The van der Waals surface area contributed by atoms with Crippen LogP contribution in [-0.4, -0.2) is 0 Å². The van der Waals surface area contributed by atoms with Gasteiger partial charge in [0.2, 0.25) is 0 Å². The molecule has 2 nitrogen and oxygen atoms in total. The van der Waals surface area contributed by atoms with Crippen molar-refractivity contribution in [1.29, 1.82) is 10.5 Å². The van der Waals surface area contributed by atoms with Crippen LogP contribution in [0.2, 0.25) is 0 Å². The quantitative estimate of drug-likeness (QED) is 0.555. The molecule has 1 aromatic carbocycles. The van der Waals surface area contributed by atoms with Gasteiger partial charge in [-0.2, -0.15) is 10.5 Å². The van der Waals surface area contributed by atoms with Gasteiger partial charge in [0.25, 0.3) is 0 Å². The molecule has 0 aromatic heterocycles. The highest BCUT2D eigenvalue weighted by Crippen LogP contribution is 2.08. The maximum Gasteiger partial charge on any atom is 0.152 e. The predicted octanol–water partition coefficient (Wildman–Crippen LogP) is 1.57. The zero-order chi connectivity index (χ0) is 9.68. The second kappa shape index (κ2) is 3.90. The Balaban J connectivity index is 3.18. The zero-order valence-corrected chi connectivity index (χ0v) is 6.50. The lowest BCUT2D eigenvalue weighted by Crippen LogP contribution is -1.84. The van der Waals surface area contributed by atoms with E-state index in [9.17, 15) is 4.39 Å².